The van der Waals surface area contributed by atoms with Crippen molar-refractivity contribution in [2.75, 3.05) is 11.1 Å². The van der Waals surface area contributed by atoms with Crippen molar-refractivity contribution in [2.45, 2.75) is 24.4 Å². The summed E-state index contributed by atoms with van der Waals surface area (Å²) in [4.78, 5) is 15.7. The molecule has 30 heavy (non-hydrogen) atoms. The molecule has 1 N–H and O–H groups in total. The molecule has 0 aliphatic rings. The molecule has 0 aliphatic heterocycles. The fourth-order valence-corrected chi connectivity index (χ4v) is 5.05. The molecule has 13 heteroatoms. The number of rotatable bonds is 6. The van der Waals surface area contributed by atoms with Crippen LogP contribution in [0.25, 0.3) is 0 Å². The highest BCUT2D eigenvalue weighted by atomic mass is 35.5. The summed E-state index contributed by atoms with van der Waals surface area (Å²) in [6.07, 6.45) is -2.80. The number of alkyl halides is 3. The van der Waals surface area contributed by atoms with Crippen LogP contribution in [-0.4, -0.2) is 35.8 Å². The van der Waals surface area contributed by atoms with E-state index in [1.165, 1.54) is 32.3 Å². The first-order chi connectivity index (χ1) is 13.4. The zero-order chi connectivity index (χ0) is 22.0. The highest BCUT2D eigenvalue weighted by Gasteiger charge is 2.42. The third-order valence-electron chi connectivity index (χ3n) is 4.15. The zero-order valence-corrected chi connectivity index (χ0v) is 18.4. The lowest BCUT2D eigenvalue weighted by Crippen LogP contribution is -2.29. The lowest BCUT2D eigenvalue weighted by molar-refractivity contribution is -0.168. The Kier molecular flexibility index (Phi) is 8.36. The fourth-order valence-electron chi connectivity index (χ4n) is 2.60. The summed E-state index contributed by atoms with van der Waals surface area (Å²) < 4.78 is 65.1. The fraction of sp³-hybridized carbons (Fsp3) is 0.353. The van der Waals surface area contributed by atoms with E-state index < -0.39 is 49.9 Å². The van der Waals surface area contributed by atoms with Gasteiger partial charge in [-0.2, -0.15) is 31.9 Å². The average molecular weight is 483 g/mol. The van der Waals surface area contributed by atoms with Crippen LogP contribution in [-0.2, 0) is 16.9 Å². The Labute approximate surface area is 183 Å². The van der Waals surface area contributed by atoms with Crippen molar-refractivity contribution in [3.8, 4) is 6.07 Å². The molecule has 0 bridgehead atoms. The molecule has 2 rings (SSSR count). The zero-order valence-electron chi connectivity index (χ0n) is 15.8. The number of nitrogens with zero attached hydrogens (tertiary/aromatic N) is 3. The molecule has 0 aromatic carbocycles. The summed E-state index contributed by atoms with van der Waals surface area (Å²) in [5.41, 5.74) is 0.00811. The van der Waals surface area contributed by atoms with Gasteiger partial charge >= 0.3 is 6.18 Å². The van der Waals surface area contributed by atoms with Crippen molar-refractivity contribution in [2.24, 2.45) is 13.0 Å². The van der Waals surface area contributed by atoms with Crippen LogP contribution in [0.4, 0.5) is 18.9 Å². The highest BCUT2D eigenvalue weighted by molar-refractivity contribution is 7.91. The second-order valence-electron chi connectivity index (χ2n) is 6.19. The molecule has 0 saturated carbocycles. The molecule has 0 fully saturated rings. The van der Waals surface area contributed by atoms with E-state index in [9.17, 15) is 26.4 Å². The molecule has 2 aromatic rings. The number of nitriles is 1. The molecule has 1 amide bonds. The number of anilines is 1. The van der Waals surface area contributed by atoms with Crippen molar-refractivity contribution >= 4 is 46.5 Å². The van der Waals surface area contributed by atoms with E-state index in [1.54, 1.807) is 6.07 Å². The molecule has 0 radical (unpaired) electrons. The summed E-state index contributed by atoms with van der Waals surface area (Å²) in [6, 6.07) is 4.50. The number of halogens is 4. The molecule has 2 aromatic heterocycles. The molecule has 164 valence electrons. The maximum absolute atomic E-state index is 13.0. The van der Waals surface area contributed by atoms with Crippen LogP contribution in [0, 0.1) is 17.2 Å². The van der Waals surface area contributed by atoms with Crippen LogP contribution in [0.5, 0.6) is 0 Å². The summed E-state index contributed by atoms with van der Waals surface area (Å²) in [5, 5.41) is 10.8. The first-order valence-corrected chi connectivity index (χ1v) is 10.3. The summed E-state index contributed by atoms with van der Waals surface area (Å²) in [6.45, 7) is 1.24. The number of hydrogen-bond donors (Lipinski definition) is 1. The van der Waals surface area contributed by atoms with Gasteiger partial charge in [0, 0.05) is 25.1 Å². The lowest BCUT2D eigenvalue weighted by Gasteiger charge is -2.18. The number of aromatic nitrogens is 2. The van der Waals surface area contributed by atoms with Crippen molar-refractivity contribution < 1.29 is 26.4 Å². The van der Waals surface area contributed by atoms with E-state index in [4.69, 9.17) is 16.9 Å². The van der Waals surface area contributed by atoms with Gasteiger partial charge in [0.25, 0.3) is 5.91 Å². The predicted octanol–water partition coefficient (Wildman–Crippen LogP) is 3.67. The molecule has 2 heterocycles. The van der Waals surface area contributed by atoms with Gasteiger partial charge in [-0.25, -0.2) is 13.4 Å². The molecular formula is C17H18ClF3N4O3S2. The van der Waals surface area contributed by atoms with Crippen molar-refractivity contribution in [3.63, 3.8) is 0 Å². The summed E-state index contributed by atoms with van der Waals surface area (Å²) >= 11 is 6.07. The van der Waals surface area contributed by atoms with Crippen molar-refractivity contribution in [1.29, 1.82) is 5.26 Å². The Morgan fingerprint density at radius 2 is 2.07 bits per heavy atom. The van der Waals surface area contributed by atoms with Crippen LogP contribution in [0.3, 0.4) is 0 Å². The van der Waals surface area contributed by atoms with Gasteiger partial charge in [0.2, 0.25) is 0 Å². The van der Waals surface area contributed by atoms with E-state index in [0.29, 0.717) is 0 Å². The van der Waals surface area contributed by atoms with Gasteiger partial charge < -0.3 is 9.88 Å². The third-order valence-corrected chi connectivity index (χ3v) is 6.46. The predicted molar refractivity (Wildman–Crippen MR) is 110 cm³/mol. The number of carbonyl (C=O) groups excluding carboxylic acids is 1. The number of pyridine rings is 1. The molecule has 1 atom stereocenters. The normalized spacial score (nSPS) is 12.6. The maximum Gasteiger partial charge on any atom is 0.392 e. The quantitative estimate of drug-likeness (QED) is 0.676. The van der Waals surface area contributed by atoms with Crippen LogP contribution in [0.2, 0.25) is 5.02 Å². The molecule has 0 unspecified atom stereocenters. The van der Waals surface area contributed by atoms with E-state index in [-0.39, 0.29) is 30.6 Å². The summed E-state index contributed by atoms with van der Waals surface area (Å²) in [5.74, 6) is -4.02. The molecule has 0 saturated heterocycles. The average Bonchev–Trinajstić information content (AvgIpc) is 2.94. The van der Waals surface area contributed by atoms with Gasteiger partial charge in [-0.05, 0) is 18.6 Å². The largest absolute Gasteiger partial charge is 0.392 e. The Bertz CT molecular complexity index is 1080. The van der Waals surface area contributed by atoms with E-state index >= 15 is 0 Å². The second-order valence-corrected chi connectivity index (χ2v) is 8.57. The summed E-state index contributed by atoms with van der Waals surface area (Å²) in [7, 11) is -3.07. The molecule has 7 nitrogen and oxygen atoms in total. The first-order valence-electron chi connectivity index (χ1n) is 8.22. The van der Waals surface area contributed by atoms with Crippen molar-refractivity contribution in [1.82, 2.24) is 9.55 Å². The minimum atomic E-state index is -4.68. The van der Waals surface area contributed by atoms with E-state index in [1.807, 2.05) is 0 Å². The van der Waals surface area contributed by atoms with Gasteiger partial charge in [0.05, 0.1) is 16.7 Å². The SMILES string of the molecule is CC[C@H](CS(=O)(=O)c1cn(C)c(C(=O)Nc2ccnc(C#N)c2)c1Cl)C(F)(F)F.S. The maximum atomic E-state index is 13.0. The minimum Gasteiger partial charge on any atom is -0.344 e. The number of hydrogen-bond acceptors (Lipinski definition) is 5. The van der Waals surface area contributed by atoms with Crippen LogP contribution >= 0.6 is 25.1 Å². The first kappa shape index (κ1) is 25.8. The number of carbonyl (C=O) groups is 1. The van der Waals surface area contributed by atoms with Gasteiger partial charge in [0.15, 0.2) is 9.84 Å². The minimum absolute atomic E-state index is 0. The third kappa shape index (κ3) is 5.68. The Hall–Kier alpha value is -2.23. The molecule has 0 spiro atoms. The monoisotopic (exact) mass is 482 g/mol. The topological polar surface area (TPSA) is 105 Å². The van der Waals surface area contributed by atoms with Crippen LogP contribution in [0.1, 0.15) is 29.5 Å². The number of nitrogens with one attached hydrogen (secondary N) is 1. The second kappa shape index (κ2) is 9.72. The molecule has 0 aliphatic carbocycles. The standard InChI is InChI=1S/C17H16ClF3N4O3S.H2S/c1-3-10(17(19,20)21)9-29(27,28)13-8-25(2)15(14(13)18)16(26)24-11-4-5-23-12(6-11)7-22;/h4-6,8,10H,3,9H2,1-2H3,(H,23,24,26);1H2/t10-;/m1./s1. The smallest absolute Gasteiger partial charge is 0.344 e. The van der Waals surface area contributed by atoms with Gasteiger partial charge in [0.1, 0.15) is 22.4 Å². The Balaban J connectivity index is 0.00000450. The number of sulfone groups is 1. The highest BCUT2D eigenvalue weighted by Crippen LogP contribution is 2.34. The lowest BCUT2D eigenvalue weighted by atomic mass is 10.1. The molecular weight excluding hydrogens is 465 g/mol. The van der Waals surface area contributed by atoms with Gasteiger partial charge in [-0.3, -0.25) is 4.79 Å². The van der Waals surface area contributed by atoms with Crippen LogP contribution < -0.4 is 5.32 Å². The van der Waals surface area contributed by atoms with Gasteiger partial charge in [-0.1, -0.05) is 18.5 Å². The van der Waals surface area contributed by atoms with E-state index in [2.05, 4.69) is 10.3 Å². The van der Waals surface area contributed by atoms with Crippen molar-refractivity contribution in [3.05, 3.63) is 40.9 Å². The Morgan fingerprint density at radius 1 is 1.43 bits per heavy atom. The Morgan fingerprint density at radius 3 is 2.60 bits per heavy atom. The number of aryl methyl sites for hydroxylation is 1. The number of amides is 1. The van der Waals surface area contributed by atoms with Crippen LogP contribution in [0.15, 0.2) is 29.4 Å². The van der Waals surface area contributed by atoms with E-state index in [0.717, 1.165) is 10.8 Å². The van der Waals surface area contributed by atoms with Gasteiger partial charge in [-0.15, -0.1) is 0 Å².